The number of nitrogens with zero attached hydrogens (tertiary/aromatic N) is 3. The van der Waals surface area contributed by atoms with Gasteiger partial charge in [0.05, 0.1) is 5.56 Å². The van der Waals surface area contributed by atoms with Crippen LogP contribution in [0, 0.1) is 0 Å². The van der Waals surface area contributed by atoms with Gasteiger partial charge >= 0.3 is 6.18 Å². The van der Waals surface area contributed by atoms with Crippen molar-refractivity contribution in [2.24, 2.45) is 0 Å². The summed E-state index contributed by atoms with van der Waals surface area (Å²) in [6.07, 6.45) is -1.18. The third kappa shape index (κ3) is 3.13. The Morgan fingerprint density at radius 1 is 1.25 bits per heavy atom. The maximum atomic E-state index is 12.4. The van der Waals surface area contributed by atoms with E-state index in [-0.39, 0.29) is 0 Å². The summed E-state index contributed by atoms with van der Waals surface area (Å²) in [5.41, 5.74) is -0.352. The highest BCUT2D eigenvalue weighted by Crippen LogP contribution is 2.30. The van der Waals surface area contributed by atoms with Gasteiger partial charge in [-0.25, -0.2) is 0 Å². The van der Waals surface area contributed by atoms with E-state index in [1.165, 1.54) is 30.2 Å². The minimum atomic E-state index is -4.37. The number of aromatic nitrogens is 3. The van der Waals surface area contributed by atoms with Crippen LogP contribution >= 0.6 is 11.3 Å². The van der Waals surface area contributed by atoms with Crippen LogP contribution in [0.2, 0.25) is 0 Å². The van der Waals surface area contributed by atoms with Crippen molar-refractivity contribution in [3.05, 3.63) is 28.9 Å². The second-order valence-corrected chi connectivity index (χ2v) is 5.65. The first-order chi connectivity index (χ1) is 9.52. The van der Waals surface area contributed by atoms with Crippen molar-refractivity contribution in [2.45, 2.75) is 31.6 Å². The molecule has 106 valence electrons. The number of pyridine rings is 1. The molecule has 1 saturated carbocycles. The maximum absolute atomic E-state index is 12.4. The molecule has 0 atom stereocenters. The quantitative estimate of drug-likeness (QED) is 0.943. The number of halogens is 3. The smallest absolute Gasteiger partial charge is 0.308 e. The van der Waals surface area contributed by atoms with Gasteiger partial charge < -0.3 is 5.32 Å². The first-order valence-electron chi connectivity index (χ1n) is 6.12. The second kappa shape index (κ2) is 5.10. The number of nitrogens with one attached hydrogen (secondary N) is 1. The van der Waals surface area contributed by atoms with E-state index in [1.807, 2.05) is 0 Å². The van der Waals surface area contributed by atoms with E-state index in [0.717, 1.165) is 17.3 Å². The van der Waals surface area contributed by atoms with Crippen molar-refractivity contribution >= 4 is 11.3 Å². The van der Waals surface area contributed by atoms with Crippen LogP contribution in [0.3, 0.4) is 0 Å². The lowest BCUT2D eigenvalue weighted by atomic mass is 10.2. The van der Waals surface area contributed by atoms with E-state index in [0.29, 0.717) is 23.3 Å². The average Bonchev–Trinajstić information content (AvgIpc) is 3.13. The van der Waals surface area contributed by atoms with Gasteiger partial charge in [-0.1, -0.05) is 11.3 Å². The maximum Gasteiger partial charge on any atom is 0.417 e. The van der Waals surface area contributed by atoms with Crippen molar-refractivity contribution in [2.75, 3.05) is 0 Å². The van der Waals surface area contributed by atoms with Crippen LogP contribution in [-0.4, -0.2) is 21.2 Å². The number of alkyl halides is 3. The monoisotopic (exact) mass is 300 g/mol. The summed E-state index contributed by atoms with van der Waals surface area (Å²) in [4.78, 5) is 3.80. The highest BCUT2D eigenvalue weighted by atomic mass is 32.1. The zero-order valence-electron chi connectivity index (χ0n) is 10.3. The molecule has 1 fully saturated rings. The van der Waals surface area contributed by atoms with Crippen LogP contribution in [0.5, 0.6) is 0 Å². The molecule has 0 radical (unpaired) electrons. The molecule has 8 heteroatoms. The lowest BCUT2D eigenvalue weighted by molar-refractivity contribution is -0.137. The van der Waals surface area contributed by atoms with Crippen LogP contribution < -0.4 is 5.32 Å². The predicted octanol–water partition coefficient (Wildman–Crippen LogP) is 2.87. The summed E-state index contributed by atoms with van der Waals surface area (Å²) in [7, 11) is 0. The molecule has 0 saturated heterocycles. The summed E-state index contributed by atoms with van der Waals surface area (Å²) >= 11 is 1.34. The fourth-order valence-corrected chi connectivity index (χ4v) is 2.40. The largest absolute Gasteiger partial charge is 0.417 e. The molecule has 1 N–H and O–H groups in total. The highest BCUT2D eigenvalue weighted by Gasteiger charge is 2.30. The van der Waals surface area contributed by atoms with Gasteiger partial charge in [-0.2, -0.15) is 13.2 Å². The highest BCUT2D eigenvalue weighted by molar-refractivity contribution is 7.14. The second-order valence-electron chi connectivity index (χ2n) is 4.59. The molecule has 0 aliphatic heterocycles. The fraction of sp³-hybridized carbons (Fsp3) is 0.417. The average molecular weight is 300 g/mol. The molecule has 3 rings (SSSR count). The zero-order chi connectivity index (χ0) is 14.2. The third-order valence-corrected chi connectivity index (χ3v) is 3.84. The van der Waals surface area contributed by atoms with E-state index < -0.39 is 11.7 Å². The van der Waals surface area contributed by atoms with Gasteiger partial charge in [-0.15, -0.1) is 10.2 Å². The standard InChI is InChI=1S/C12H11F3N4S/c13-12(14,15)7-1-4-9(17-5-7)11-19-18-10(20-11)6-16-8-2-3-8/h1,4-5,8,16H,2-3,6H2. The van der Waals surface area contributed by atoms with Crippen LogP contribution in [0.4, 0.5) is 13.2 Å². The van der Waals surface area contributed by atoms with Gasteiger partial charge in [-0.3, -0.25) is 4.98 Å². The van der Waals surface area contributed by atoms with Gasteiger partial charge in [0, 0.05) is 18.8 Å². The molecular formula is C12H11F3N4S. The topological polar surface area (TPSA) is 50.7 Å². The predicted molar refractivity (Wildman–Crippen MR) is 68.0 cm³/mol. The van der Waals surface area contributed by atoms with Crippen LogP contribution in [0.15, 0.2) is 18.3 Å². The molecule has 1 aliphatic rings. The Morgan fingerprint density at radius 3 is 2.65 bits per heavy atom. The Kier molecular flexibility index (Phi) is 3.43. The Balaban J connectivity index is 1.71. The number of rotatable bonds is 4. The Hall–Kier alpha value is -1.54. The van der Waals surface area contributed by atoms with Crippen LogP contribution in [0.1, 0.15) is 23.4 Å². The van der Waals surface area contributed by atoms with E-state index in [2.05, 4.69) is 20.5 Å². The third-order valence-electron chi connectivity index (χ3n) is 2.90. The summed E-state index contributed by atoms with van der Waals surface area (Å²) in [6.45, 7) is 0.642. The van der Waals surface area contributed by atoms with Gasteiger partial charge in [0.2, 0.25) is 0 Å². The summed E-state index contributed by atoms with van der Waals surface area (Å²) < 4.78 is 37.3. The SMILES string of the molecule is FC(F)(F)c1ccc(-c2nnc(CNC3CC3)s2)nc1. The van der Waals surface area contributed by atoms with Crippen molar-refractivity contribution in [3.8, 4) is 10.7 Å². The normalized spacial score (nSPS) is 15.6. The molecule has 0 aromatic carbocycles. The van der Waals surface area contributed by atoms with Gasteiger partial charge in [0.15, 0.2) is 5.01 Å². The molecule has 4 nitrogen and oxygen atoms in total. The molecule has 1 aliphatic carbocycles. The Bertz CT molecular complexity index is 589. The summed E-state index contributed by atoms with van der Waals surface area (Å²) in [5, 5.41) is 12.6. The fourth-order valence-electron chi connectivity index (χ4n) is 1.64. The van der Waals surface area contributed by atoms with Crippen LogP contribution in [-0.2, 0) is 12.7 Å². The molecule has 0 spiro atoms. The lowest BCUT2D eigenvalue weighted by Crippen LogP contribution is -2.14. The lowest BCUT2D eigenvalue weighted by Gasteiger charge is -2.05. The summed E-state index contributed by atoms with van der Waals surface area (Å²) in [5.74, 6) is 0. The van der Waals surface area contributed by atoms with E-state index in [1.54, 1.807) is 0 Å². The first-order valence-corrected chi connectivity index (χ1v) is 6.93. The number of hydrogen-bond donors (Lipinski definition) is 1. The number of hydrogen-bond acceptors (Lipinski definition) is 5. The molecule has 0 bridgehead atoms. The molecule has 2 aromatic heterocycles. The van der Waals surface area contributed by atoms with Crippen molar-refractivity contribution < 1.29 is 13.2 Å². The van der Waals surface area contributed by atoms with Gasteiger partial charge in [0.1, 0.15) is 10.7 Å². The molecule has 2 heterocycles. The molecule has 0 unspecified atom stereocenters. The van der Waals surface area contributed by atoms with E-state index >= 15 is 0 Å². The first kappa shape index (κ1) is 13.4. The van der Waals surface area contributed by atoms with Crippen molar-refractivity contribution in [1.82, 2.24) is 20.5 Å². The minimum Gasteiger partial charge on any atom is -0.308 e. The Morgan fingerprint density at radius 2 is 2.05 bits per heavy atom. The summed E-state index contributed by atoms with van der Waals surface area (Å²) in [6, 6.07) is 2.90. The zero-order valence-corrected chi connectivity index (χ0v) is 11.1. The van der Waals surface area contributed by atoms with Crippen molar-refractivity contribution in [1.29, 1.82) is 0 Å². The molecule has 2 aromatic rings. The molecule has 0 amide bonds. The van der Waals surface area contributed by atoms with Crippen molar-refractivity contribution in [3.63, 3.8) is 0 Å². The van der Waals surface area contributed by atoms with Crippen LogP contribution in [0.25, 0.3) is 10.7 Å². The van der Waals surface area contributed by atoms with E-state index in [9.17, 15) is 13.2 Å². The van der Waals surface area contributed by atoms with Gasteiger partial charge in [-0.05, 0) is 25.0 Å². The van der Waals surface area contributed by atoms with Gasteiger partial charge in [0.25, 0.3) is 0 Å². The Labute approximate surface area is 117 Å². The van der Waals surface area contributed by atoms with E-state index in [4.69, 9.17) is 0 Å². The molecular weight excluding hydrogens is 289 g/mol. The minimum absolute atomic E-state index is 0.410. The molecule has 20 heavy (non-hydrogen) atoms.